The van der Waals surface area contributed by atoms with Gasteiger partial charge in [0.1, 0.15) is 0 Å². The van der Waals surface area contributed by atoms with Crippen LogP contribution in [0.5, 0.6) is 0 Å². The van der Waals surface area contributed by atoms with Crippen molar-refractivity contribution >= 4 is 81.2 Å². The van der Waals surface area contributed by atoms with Crippen LogP contribution in [0, 0.1) is 0 Å². The van der Waals surface area contributed by atoms with Gasteiger partial charge in [-0.25, -0.2) is 0 Å². The Labute approximate surface area is 132 Å². The van der Waals surface area contributed by atoms with E-state index in [4.69, 9.17) is 46.4 Å². The van der Waals surface area contributed by atoms with E-state index in [-0.39, 0.29) is 0 Å². The second-order valence-corrected chi connectivity index (χ2v) is 7.01. The molecule has 110 valence electrons. The van der Waals surface area contributed by atoms with Crippen LogP contribution in [0.3, 0.4) is 0 Å². The quantitative estimate of drug-likeness (QED) is 0.412. The molecule has 0 aliphatic rings. The largest absolute Gasteiger partial charge is 0.426 e. The number of hydrogen-bond donors (Lipinski definition) is 0. The molecule has 0 spiro atoms. The molecular formula is C5Cl7F5O. The van der Waals surface area contributed by atoms with Crippen molar-refractivity contribution in [2.45, 2.75) is 24.9 Å². The SMILES string of the molecule is FC(F)(F)C(Cl)(Cl)C(Cl)(Cl)OC(F)(Cl)C(F)(Cl)Cl. The van der Waals surface area contributed by atoms with Gasteiger partial charge in [0.2, 0.25) is 0 Å². The van der Waals surface area contributed by atoms with Gasteiger partial charge in [-0.2, -0.15) is 22.0 Å². The normalized spacial score (nSPS) is 18.7. The molecule has 0 saturated heterocycles. The highest BCUT2D eigenvalue weighted by molar-refractivity contribution is 6.62. The van der Waals surface area contributed by atoms with Gasteiger partial charge >= 0.3 is 16.1 Å². The van der Waals surface area contributed by atoms with Gasteiger partial charge in [0.05, 0.1) is 0 Å². The van der Waals surface area contributed by atoms with Crippen LogP contribution in [0.1, 0.15) is 0 Å². The van der Waals surface area contributed by atoms with Crippen molar-refractivity contribution in [1.29, 1.82) is 0 Å². The predicted octanol–water partition coefficient (Wildman–Crippen LogP) is 5.83. The van der Waals surface area contributed by atoms with Gasteiger partial charge in [-0.15, -0.1) is 0 Å². The maximum atomic E-state index is 13.3. The highest BCUT2D eigenvalue weighted by Gasteiger charge is 2.70. The van der Waals surface area contributed by atoms with Gasteiger partial charge in [-0.1, -0.05) is 69.6 Å². The smallest absolute Gasteiger partial charge is 0.289 e. The fraction of sp³-hybridized carbons (Fsp3) is 1.00. The Morgan fingerprint density at radius 2 is 1.00 bits per heavy atom. The fourth-order valence-electron chi connectivity index (χ4n) is 0.448. The number of halogens is 12. The van der Waals surface area contributed by atoms with Crippen LogP contribution in [0.25, 0.3) is 0 Å². The molecule has 0 saturated carbocycles. The molecule has 18 heavy (non-hydrogen) atoms. The molecule has 0 amide bonds. The van der Waals surface area contributed by atoms with Gasteiger partial charge in [-0.3, -0.25) is 4.74 Å². The minimum atomic E-state index is -5.47. The maximum absolute atomic E-state index is 13.3. The molecule has 0 bridgehead atoms. The minimum absolute atomic E-state index is 3.59. The molecule has 0 aromatic heterocycles. The van der Waals surface area contributed by atoms with E-state index >= 15 is 0 Å². The van der Waals surface area contributed by atoms with Gasteiger partial charge in [0.25, 0.3) is 8.85 Å². The van der Waals surface area contributed by atoms with E-state index in [0.717, 1.165) is 0 Å². The average Bonchev–Trinajstić information content (AvgIpc) is 1.96. The van der Waals surface area contributed by atoms with Crippen molar-refractivity contribution in [2.24, 2.45) is 0 Å². The van der Waals surface area contributed by atoms with Gasteiger partial charge in [0, 0.05) is 0 Å². The van der Waals surface area contributed by atoms with E-state index in [1.807, 2.05) is 0 Å². The molecule has 1 nitrogen and oxygen atoms in total. The summed E-state index contributed by atoms with van der Waals surface area (Å²) >= 11 is 33.3. The third-order valence-corrected chi connectivity index (χ3v) is 4.39. The minimum Gasteiger partial charge on any atom is -0.289 e. The summed E-state index contributed by atoms with van der Waals surface area (Å²) in [5.41, 5.74) is 0. The number of hydrogen-bond acceptors (Lipinski definition) is 1. The summed E-state index contributed by atoms with van der Waals surface area (Å²) in [5, 5.41) is -4.25. The Bertz CT molecular complexity index is 308. The Morgan fingerprint density at radius 1 is 0.667 bits per heavy atom. The van der Waals surface area contributed by atoms with Crippen LogP contribution < -0.4 is 0 Å². The van der Waals surface area contributed by atoms with Gasteiger partial charge < -0.3 is 0 Å². The van der Waals surface area contributed by atoms with Gasteiger partial charge in [0.15, 0.2) is 0 Å². The van der Waals surface area contributed by atoms with Crippen LogP contribution in [-0.2, 0) is 4.74 Å². The van der Waals surface area contributed by atoms with Crippen molar-refractivity contribution < 1.29 is 26.7 Å². The number of alkyl halides is 12. The zero-order valence-corrected chi connectivity index (χ0v) is 12.7. The topological polar surface area (TPSA) is 9.23 Å². The fourth-order valence-corrected chi connectivity index (χ4v) is 1.22. The number of rotatable bonds is 4. The molecule has 0 rings (SSSR count). The molecule has 1 unspecified atom stereocenters. The van der Waals surface area contributed by atoms with Crippen molar-refractivity contribution in [3.63, 3.8) is 0 Å². The zero-order chi connectivity index (χ0) is 15.2. The Balaban J connectivity index is 5.33. The van der Waals surface area contributed by atoms with Crippen molar-refractivity contribution in [3.05, 3.63) is 0 Å². The molecule has 0 heterocycles. The van der Waals surface area contributed by atoms with Crippen LogP contribution in [0.15, 0.2) is 0 Å². The van der Waals surface area contributed by atoms with Crippen molar-refractivity contribution in [2.75, 3.05) is 0 Å². The average molecular weight is 419 g/mol. The highest BCUT2D eigenvalue weighted by Crippen LogP contribution is 2.57. The summed E-state index contributed by atoms with van der Waals surface area (Å²) in [6, 6.07) is 0. The van der Waals surface area contributed by atoms with Crippen LogP contribution >= 0.6 is 81.2 Å². The van der Waals surface area contributed by atoms with Crippen LogP contribution in [-0.4, -0.2) is 24.9 Å². The molecule has 0 N–H and O–H groups in total. The van der Waals surface area contributed by atoms with Gasteiger partial charge in [-0.05, 0) is 11.6 Å². The molecule has 0 aliphatic carbocycles. The van der Waals surface area contributed by atoms with Crippen molar-refractivity contribution in [1.82, 2.24) is 0 Å². The summed E-state index contributed by atoms with van der Waals surface area (Å²) < 4.78 is 55.0. The first-order chi connectivity index (χ1) is 7.46. The van der Waals surface area contributed by atoms with Crippen molar-refractivity contribution in [3.8, 4) is 0 Å². The zero-order valence-electron chi connectivity index (χ0n) is 7.44. The van der Waals surface area contributed by atoms with Crippen LogP contribution in [0.2, 0.25) is 0 Å². The predicted molar refractivity (Wildman–Crippen MR) is 61.3 cm³/mol. The Hall–Kier alpha value is 1.64. The highest BCUT2D eigenvalue weighted by atomic mass is 35.5. The van der Waals surface area contributed by atoms with E-state index in [1.54, 1.807) is 0 Å². The van der Waals surface area contributed by atoms with E-state index < -0.39 is 24.9 Å². The first kappa shape index (κ1) is 19.6. The van der Waals surface area contributed by atoms with E-state index in [2.05, 4.69) is 39.5 Å². The Morgan fingerprint density at radius 3 is 1.22 bits per heavy atom. The molecule has 0 aromatic carbocycles. The first-order valence-electron chi connectivity index (χ1n) is 3.43. The second-order valence-electron chi connectivity index (χ2n) is 2.71. The maximum Gasteiger partial charge on any atom is 0.426 e. The Kier molecular flexibility index (Phi) is 5.94. The van der Waals surface area contributed by atoms with E-state index in [0.29, 0.717) is 0 Å². The standard InChI is InChI=1S/C5Cl7F5O/c6-1(7,5(15,16)17)3(10,11)18-4(12,14)2(8,9)13. The monoisotopic (exact) mass is 416 g/mol. The van der Waals surface area contributed by atoms with E-state index in [9.17, 15) is 22.0 Å². The lowest BCUT2D eigenvalue weighted by Crippen LogP contribution is -2.54. The number of ether oxygens (including phenoxy) is 1. The molecular weight excluding hydrogens is 419 g/mol. The summed E-state index contributed by atoms with van der Waals surface area (Å²) in [4.78, 5) is 0. The molecule has 0 aliphatic heterocycles. The summed E-state index contributed by atoms with van der Waals surface area (Å²) in [6.45, 7) is 0. The van der Waals surface area contributed by atoms with Crippen LogP contribution in [0.4, 0.5) is 22.0 Å². The summed E-state index contributed by atoms with van der Waals surface area (Å²) in [6.07, 6.45) is -5.47. The lowest BCUT2D eigenvalue weighted by atomic mass is 10.4. The molecule has 0 radical (unpaired) electrons. The first-order valence-corrected chi connectivity index (χ1v) is 6.07. The molecule has 1 atom stereocenters. The van der Waals surface area contributed by atoms with E-state index in [1.165, 1.54) is 0 Å². The lowest BCUT2D eigenvalue weighted by Gasteiger charge is -2.37. The molecule has 13 heteroatoms. The third kappa shape index (κ3) is 4.07. The lowest BCUT2D eigenvalue weighted by molar-refractivity contribution is -0.201. The summed E-state index contributed by atoms with van der Waals surface area (Å²) in [5.74, 6) is 0. The summed E-state index contributed by atoms with van der Waals surface area (Å²) in [7, 11) is 0. The molecule has 0 fully saturated rings. The third-order valence-electron chi connectivity index (χ3n) is 1.31. The second kappa shape index (κ2) is 5.44. The molecule has 0 aromatic rings.